The summed E-state index contributed by atoms with van der Waals surface area (Å²) in [6.07, 6.45) is -3.56. The number of aromatic nitrogens is 2. The van der Waals surface area contributed by atoms with Crippen LogP contribution in [-0.4, -0.2) is 46.5 Å². The fraction of sp³-hybridized carbons (Fsp3) is 0.471. The second-order valence-corrected chi connectivity index (χ2v) is 8.71. The summed E-state index contributed by atoms with van der Waals surface area (Å²) >= 11 is 0. The van der Waals surface area contributed by atoms with Crippen LogP contribution in [0.1, 0.15) is 23.7 Å². The van der Waals surface area contributed by atoms with Gasteiger partial charge in [0, 0.05) is 36.3 Å². The van der Waals surface area contributed by atoms with Crippen LogP contribution in [0.4, 0.5) is 13.2 Å². The third-order valence-electron chi connectivity index (χ3n) is 4.49. The van der Waals surface area contributed by atoms with Gasteiger partial charge >= 0.3 is 6.18 Å². The maximum atomic E-state index is 12.8. The third-order valence-corrected chi connectivity index (χ3v) is 5.74. The summed E-state index contributed by atoms with van der Waals surface area (Å²) in [5, 5.41) is 14.2. The molecule has 1 unspecified atom stereocenters. The first-order valence-electron chi connectivity index (χ1n) is 8.36. The lowest BCUT2D eigenvalue weighted by atomic mass is 10.0. The first-order valence-corrected chi connectivity index (χ1v) is 10.2. The molecule has 1 aliphatic rings. The molecule has 1 atom stereocenters. The van der Waals surface area contributed by atoms with Gasteiger partial charge in [-0.3, -0.25) is 4.68 Å². The molecule has 0 fully saturated rings. The maximum absolute atomic E-state index is 12.8. The molecule has 0 radical (unpaired) electrons. The number of aliphatic hydroxyl groups excluding tert-OH is 1. The summed E-state index contributed by atoms with van der Waals surface area (Å²) in [5.41, 5.74) is 1.60. The van der Waals surface area contributed by atoms with E-state index in [-0.39, 0.29) is 13.1 Å². The molecule has 0 spiro atoms. The summed E-state index contributed by atoms with van der Waals surface area (Å²) in [7, 11) is -3.41. The Morgan fingerprint density at radius 3 is 2.41 bits per heavy atom. The number of hydrogen-bond acceptors (Lipinski definition) is 4. The molecular weight excluding hydrogens is 383 g/mol. The van der Waals surface area contributed by atoms with E-state index in [1.165, 1.54) is 16.4 Å². The molecule has 1 aromatic heterocycles. The topological polar surface area (TPSA) is 75.4 Å². The molecule has 148 valence electrons. The second kappa shape index (κ2) is 6.92. The first kappa shape index (κ1) is 19.8. The van der Waals surface area contributed by atoms with Crippen molar-refractivity contribution in [3.63, 3.8) is 0 Å². The fourth-order valence-corrected chi connectivity index (χ4v) is 3.99. The Kier molecular flexibility index (Phi) is 5.08. The van der Waals surface area contributed by atoms with E-state index in [9.17, 15) is 26.7 Å². The standard InChI is InChI=1S/C17H20F3N3O3S/c1-11(24)9-23-15-7-8-22(27(2,25)26)10-14(15)16(21-23)12-3-5-13(6-4-12)17(18,19)20/h3-6,11,24H,7-10H2,1-2H3. The van der Waals surface area contributed by atoms with E-state index >= 15 is 0 Å². The highest BCUT2D eigenvalue weighted by molar-refractivity contribution is 7.88. The normalized spacial score (nSPS) is 17.0. The van der Waals surface area contributed by atoms with Gasteiger partial charge in [0.2, 0.25) is 10.0 Å². The van der Waals surface area contributed by atoms with Crippen LogP contribution < -0.4 is 0 Å². The maximum Gasteiger partial charge on any atom is 0.416 e. The number of rotatable bonds is 4. The minimum Gasteiger partial charge on any atom is -0.391 e. The van der Waals surface area contributed by atoms with Crippen molar-refractivity contribution in [3.8, 4) is 11.3 Å². The molecule has 27 heavy (non-hydrogen) atoms. The van der Waals surface area contributed by atoms with Crippen LogP contribution >= 0.6 is 0 Å². The van der Waals surface area contributed by atoms with Crippen molar-refractivity contribution in [2.75, 3.05) is 12.8 Å². The van der Waals surface area contributed by atoms with Crippen LogP contribution in [0.2, 0.25) is 0 Å². The average molecular weight is 403 g/mol. The quantitative estimate of drug-likeness (QED) is 0.850. The summed E-state index contributed by atoms with van der Waals surface area (Å²) in [4.78, 5) is 0. The molecule has 2 aromatic rings. The van der Waals surface area contributed by atoms with Gasteiger partial charge in [-0.2, -0.15) is 22.6 Å². The van der Waals surface area contributed by atoms with Crippen LogP contribution in [0.15, 0.2) is 24.3 Å². The summed E-state index contributed by atoms with van der Waals surface area (Å²) in [6, 6.07) is 4.62. The number of fused-ring (bicyclic) bond motifs is 1. The van der Waals surface area contributed by atoms with Gasteiger partial charge in [-0.1, -0.05) is 12.1 Å². The molecule has 2 heterocycles. The zero-order chi connectivity index (χ0) is 20.0. The molecular formula is C17H20F3N3O3S. The number of hydrogen-bond donors (Lipinski definition) is 1. The molecule has 0 amide bonds. The van der Waals surface area contributed by atoms with Crippen LogP contribution in [0.25, 0.3) is 11.3 Å². The zero-order valence-corrected chi connectivity index (χ0v) is 15.7. The lowest BCUT2D eigenvalue weighted by molar-refractivity contribution is -0.137. The molecule has 6 nitrogen and oxygen atoms in total. The Morgan fingerprint density at radius 1 is 1.26 bits per heavy atom. The Bertz CT molecular complexity index is 935. The van der Waals surface area contributed by atoms with Gasteiger partial charge < -0.3 is 5.11 Å². The van der Waals surface area contributed by atoms with Gasteiger partial charge in [0.1, 0.15) is 0 Å². The van der Waals surface area contributed by atoms with Crippen molar-refractivity contribution in [2.45, 2.75) is 38.7 Å². The molecule has 0 bridgehead atoms. The predicted octanol–water partition coefficient (Wildman–Crippen LogP) is 2.27. The highest BCUT2D eigenvalue weighted by Gasteiger charge is 2.32. The van der Waals surface area contributed by atoms with Gasteiger partial charge in [-0.05, 0) is 19.1 Å². The lowest BCUT2D eigenvalue weighted by Crippen LogP contribution is -2.35. The minimum atomic E-state index is -4.43. The number of sulfonamides is 1. The molecule has 3 rings (SSSR count). The Morgan fingerprint density at radius 2 is 1.89 bits per heavy atom. The molecule has 1 aromatic carbocycles. The molecule has 0 saturated carbocycles. The van der Waals surface area contributed by atoms with E-state index in [1.807, 2.05) is 0 Å². The summed E-state index contributed by atoms with van der Waals surface area (Å²) < 4.78 is 65.2. The number of halogens is 3. The fourth-order valence-electron chi connectivity index (χ4n) is 3.20. The van der Waals surface area contributed by atoms with E-state index in [0.717, 1.165) is 24.1 Å². The highest BCUT2D eigenvalue weighted by atomic mass is 32.2. The van der Waals surface area contributed by atoms with Crippen molar-refractivity contribution >= 4 is 10.0 Å². The van der Waals surface area contributed by atoms with E-state index < -0.39 is 27.9 Å². The SMILES string of the molecule is CC(O)Cn1nc(-c2ccc(C(F)(F)F)cc2)c2c1CCN(S(C)(=O)=O)C2. The van der Waals surface area contributed by atoms with Gasteiger partial charge in [-0.25, -0.2) is 8.42 Å². The van der Waals surface area contributed by atoms with Gasteiger partial charge in [0.05, 0.1) is 30.2 Å². The van der Waals surface area contributed by atoms with E-state index in [1.54, 1.807) is 11.6 Å². The Hall–Kier alpha value is -1.91. The molecule has 0 saturated heterocycles. The molecule has 1 aliphatic heterocycles. The Balaban J connectivity index is 2.06. The molecule has 0 aliphatic carbocycles. The second-order valence-electron chi connectivity index (χ2n) is 6.73. The Labute approximate surface area is 155 Å². The highest BCUT2D eigenvalue weighted by Crippen LogP contribution is 2.34. The zero-order valence-electron chi connectivity index (χ0n) is 14.9. The van der Waals surface area contributed by atoms with Crippen LogP contribution in [0.5, 0.6) is 0 Å². The van der Waals surface area contributed by atoms with E-state index in [4.69, 9.17) is 0 Å². The van der Waals surface area contributed by atoms with Gasteiger partial charge in [-0.15, -0.1) is 0 Å². The number of alkyl halides is 3. The van der Waals surface area contributed by atoms with E-state index in [2.05, 4.69) is 5.10 Å². The lowest BCUT2D eigenvalue weighted by Gasteiger charge is -2.26. The van der Waals surface area contributed by atoms with Crippen molar-refractivity contribution in [1.82, 2.24) is 14.1 Å². The monoisotopic (exact) mass is 403 g/mol. The number of nitrogens with zero attached hydrogens (tertiary/aromatic N) is 3. The summed E-state index contributed by atoms with van der Waals surface area (Å²) in [6.45, 7) is 2.23. The van der Waals surface area contributed by atoms with Crippen LogP contribution in [0.3, 0.4) is 0 Å². The van der Waals surface area contributed by atoms with Crippen LogP contribution in [0, 0.1) is 0 Å². The third kappa shape index (κ3) is 4.17. The largest absolute Gasteiger partial charge is 0.416 e. The first-order chi connectivity index (χ1) is 12.5. The van der Waals surface area contributed by atoms with Crippen molar-refractivity contribution in [2.24, 2.45) is 0 Å². The van der Waals surface area contributed by atoms with Crippen molar-refractivity contribution in [3.05, 3.63) is 41.1 Å². The number of aliphatic hydroxyl groups is 1. The van der Waals surface area contributed by atoms with Crippen molar-refractivity contribution < 1.29 is 26.7 Å². The predicted molar refractivity (Wildman–Crippen MR) is 93.3 cm³/mol. The average Bonchev–Trinajstić information content (AvgIpc) is 2.91. The van der Waals surface area contributed by atoms with Crippen molar-refractivity contribution in [1.29, 1.82) is 0 Å². The number of benzene rings is 1. The minimum absolute atomic E-state index is 0.102. The molecule has 1 N–H and O–H groups in total. The van der Waals surface area contributed by atoms with E-state index in [0.29, 0.717) is 29.8 Å². The molecule has 10 heteroatoms. The van der Waals surface area contributed by atoms with Crippen LogP contribution in [-0.2, 0) is 35.7 Å². The van der Waals surface area contributed by atoms with Gasteiger partial charge in [0.25, 0.3) is 0 Å². The smallest absolute Gasteiger partial charge is 0.391 e. The summed E-state index contributed by atoms with van der Waals surface area (Å²) in [5.74, 6) is 0. The van der Waals surface area contributed by atoms with Gasteiger partial charge in [0.15, 0.2) is 0 Å².